The van der Waals surface area contributed by atoms with E-state index in [1.165, 1.54) is 12.5 Å². The van der Waals surface area contributed by atoms with Crippen LogP contribution in [0.2, 0.25) is 0 Å². The molecule has 0 bridgehead atoms. The second kappa shape index (κ2) is 23.4. The second-order valence-corrected chi connectivity index (χ2v) is 15.9. The zero-order valence-corrected chi connectivity index (χ0v) is 35.4. The highest BCUT2D eigenvalue weighted by Crippen LogP contribution is 2.39. The molecule has 0 amide bonds. The summed E-state index contributed by atoms with van der Waals surface area (Å²) in [7, 11) is 1.76. The smallest absolute Gasteiger partial charge is 0.309 e. The van der Waals surface area contributed by atoms with E-state index in [-0.39, 0.29) is 61.9 Å². The molecule has 2 aromatic rings. The lowest BCUT2D eigenvalue weighted by molar-refractivity contribution is -0.157. The summed E-state index contributed by atoms with van der Waals surface area (Å²) in [6.45, 7) is 14.2. The third kappa shape index (κ3) is 14.9. The molecule has 1 saturated heterocycles. The van der Waals surface area contributed by atoms with Crippen LogP contribution in [0.5, 0.6) is 0 Å². The molecule has 1 fully saturated rings. The SMILES string of the molecule is CC[C@H](OC)[C@@H](C)[C@H]1O[C@H]1C(NCc1ccccc1)C(C)(/C=C/C=C(\C)[C@@H]1OC(=O)C[C@H](O)CC[C@@](C)(O)[C@@H](OC(C)=O)/C=C/[C@@H]1C)NCc1ccccc1.O=CO. The van der Waals surface area contributed by atoms with Crippen molar-refractivity contribution in [2.75, 3.05) is 7.11 Å². The molecule has 4 rings (SSSR count). The first-order valence-corrected chi connectivity index (χ1v) is 20.2. The molecular weight excluding hydrogens is 741 g/mol. The molecule has 2 aromatic carbocycles. The minimum atomic E-state index is -1.44. The Balaban J connectivity index is 0.00000291. The number of hydrogen-bond donors (Lipinski definition) is 5. The Kier molecular flexibility index (Phi) is 19.5. The van der Waals surface area contributed by atoms with Gasteiger partial charge in [-0.05, 0) is 62.8 Å². The first-order chi connectivity index (χ1) is 27.6. The minimum absolute atomic E-state index is 0.0110. The predicted octanol–water partition coefficient (Wildman–Crippen LogP) is 6.06. The van der Waals surface area contributed by atoms with Gasteiger partial charge in [0, 0.05) is 39.0 Å². The van der Waals surface area contributed by atoms with Gasteiger partial charge in [0.15, 0.2) is 0 Å². The highest BCUT2D eigenvalue weighted by atomic mass is 16.6. The topological polar surface area (TPSA) is 176 Å². The summed E-state index contributed by atoms with van der Waals surface area (Å²) in [6, 6.07) is 20.5. The third-order valence-electron chi connectivity index (χ3n) is 11.1. The third-order valence-corrected chi connectivity index (χ3v) is 11.1. The van der Waals surface area contributed by atoms with Gasteiger partial charge in [0.2, 0.25) is 0 Å². The number of aliphatic hydroxyl groups excluding tert-OH is 1. The molecule has 320 valence electrons. The maximum atomic E-state index is 13.1. The van der Waals surface area contributed by atoms with Crippen LogP contribution in [0.4, 0.5) is 0 Å². The van der Waals surface area contributed by atoms with Gasteiger partial charge in [0.1, 0.15) is 23.9 Å². The van der Waals surface area contributed by atoms with E-state index < -0.39 is 41.4 Å². The maximum absolute atomic E-state index is 13.1. The fourth-order valence-electron chi connectivity index (χ4n) is 7.57. The van der Waals surface area contributed by atoms with E-state index in [1.54, 1.807) is 20.1 Å². The van der Waals surface area contributed by atoms with Gasteiger partial charge in [-0.2, -0.15) is 0 Å². The quantitative estimate of drug-likeness (QED) is 0.0437. The Morgan fingerprint density at radius 3 is 2.22 bits per heavy atom. The van der Waals surface area contributed by atoms with E-state index in [0.29, 0.717) is 13.1 Å². The van der Waals surface area contributed by atoms with Crippen LogP contribution in [-0.2, 0) is 46.4 Å². The number of esters is 2. The summed E-state index contributed by atoms with van der Waals surface area (Å²) in [5, 5.41) is 36.5. The van der Waals surface area contributed by atoms with E-state index in [9.17, 15) is 19.8 Å². The van der Waals surface area contributed by atoms with Crippen LogP contribution in [0.25, 0.3) is 0 Å². The number of carboxylic acid groups (broad SMARTS) is 1. The molecule has 12 heteroatoms. The normalized spacial score (nSPS) is 28.5. The van der Waals surface area contributed by atoms with Crippen molar-refractivity contribution in [3.05, 3.63) is 108 Å². The fourth-order valence-corrected chi connectivity index (χ4v) is 7.57. The number of carbonyl (C=O) groups excluding carboxylic acids is 2. The highest BCUT2D eigenvalue weighted by molar-refractivity contribution is 5.70. The second-order valence-electron chi connectivity index (χ2n) is 15.9. The first kappa shape index (κ1) is 48.2. The van der Waals surface area contributed by atoms with Gasteiger partial charge in [0.05, 0.1) is 36.3 Å². The van der Waals surface area contributed by atoms with E-state index in [4.69, 9.17) is 28.8 Å². The number of methoxy groups -OCH3 is 1. The van der Waals surface area contributed by atoms with E-state index in [0.717, 1.165) is 17.6 Å². The Labute approximate surface area is 344 Å². The molecule has 58 heavy (non-hydrogen) atoms. The number of aliphatic hydroxyl groups is 2. The zero-order valence-electron chi connectivity index (χ0n) is 35.4. The lowest BCUT2D eigenvalue weighted by Gasteiger charge is -2.37. The van der Waals surface area contributed by atoms with Crippen molar-refractivity contribution < 1.29 is 48.7 Å². The first-order valence-electron chi connectivity index (χ1n) is 20.2. The summed E-state index contributed by atoms with van der Waals surface area (Å²) in [6.07, 6.45) is 7.84. The lowest BCUT2D eigenvalue weighted by Crippen LogP contribution is -2.59. The number of benzene rings is 2. The number of rotatable bonds is 16. The molecule has 0 saturated carbocycles. The van der Waals surface area contributed by atoms with Crippen molar-refractivity contribution in [3.8, 4) is 0 Å². The van der Waals surface area contributed by atoms with Gasteiger partial charge in [-0.25, -0.2) is 0 Å². The molecule has 12 nitrogen and oxygen atoms in total. The van der Waals surface area contributed by atoms with Crippen molar-refractivity contribution in [3.63, 3.8) is 0 Å². The Morgan fingerprint density at radius 1 is 1.05 bits per heavy atom. The van der Waals surface area contributed by atoms with Gasteiger partial charge >= 0.3 is 11.9 Å². The average Bonchev–Trinajstić information content (AvgIpc) is 3.98. The summed E-state index contributed by atoms with van der Waals surface area (Å²) < 4.78 is 23.8. The number of epoxide rings is 1. The summed E-state index contributed by atoms with van der Waals surface area (Å²) in [5.41, 5.74) is 1.04. The summed E-state index contributed by atoms with van der Waals surface area (Å²) in [4.78, 5) is 33.4. The molecule has 0 aromatic heterocycles. The van der Waals surface area contributed by atoms with Gasteiger partial charge in [0.25, 0.3) is 6.47 Å². The monoisotopic (exact) mass is 806 g/mol. The molecule has 0 radical (unpaired) electrons. The predicted molar refractivity (Wildman–Crippen MR) is 223 cm³/mol. The van der Waals surface area contributed by atoms with E-state index >= 15 is 0 Å². The molecule has 0 aliphatic carbocycles. The van der Waals surface area contributed by atoms with Gasteiger partial charge in [-0.15, -0.1) is 0 Å². The van der Waals surface area contributed by atoms with Crippen LogP contribution in [0.1, 0.15) is 85.3 Å². The summed E-state index contributed by atoms with van der Waals surface area (Å²) in [5.74, 6) is -1.21. The van der Waals surface area contributed by atoms with Crippen molar-refractivity contribution >= 4 is 18.4 Å². The zero-order chi connectivity index (χ0) is 42.9. The molecule has 0 spiro atoms. The molecule has 2 unspecified atom stereocenters. The van der Waals surface area contributed by atoms with Gasteiger partial charge < -0.3 is 44.9 Å². The van der Waals surface area contributed by atoms with Crippen LogP contribution in [0, 0.1) is 11.8 Å². The van der Waals surface area contributed by atoms with Gasteiger partial charge in [-0.3, -0.25) is 14.4 Å². The molecule has 2 aliphatic rings. The van der Waals surface area contributed by atoms with E-state index in [2.05, 4.69) is 61.7 Å². The van der Waals surface area contributed by atoms with Crippen molar-refractivity contribution in [2.24, 2.45) is 11.8 Å². The van der Waals surface area contributed by atoms with Crippen LogP contribution < -0.4 is 10.6 Å². The maximum Gasteiger partial charge on any atom is 0.309 e. The number of hydrogen-bond acceptors (Lipinski definition) is 11. The number of ether oxygens (including phenoxy) is 4. The van der Waals surface area contributed by atoms with Gasteiger partial charge in [-0.1, -0.05) is 106 Å². The molecule has 2 heterocycles. The number of allylic oxidation sites excluding steroid dienone is 2. The number of carbonyl (C=O) groups is 3. The van der Waals surface area contributed by atoms with E-state index in [1.807, 2.05) is 68.5 Å². The lowest BCUT2D eigenvalue weighted by atomic mass is 9.84. The number of cyclic esters (lactones) is 1. The molecular formula is C46H66N2O10. The average molecular weight is 807 g/mol. The standard InChI is InChI=1S/C45H64N2O8.CH2O2/c1-9-37(52-8)32(4)41-42(55-41)43(46-28-34-18-12-10-13-19-34)44(6,47-29-35-20-14-11-15-21-35)25-16-17-30(2)40-31(3)22-23-38(53-33(5)48)45(7,51)26-24-36(49)27-39(50)54-40;2-1-3/h10-23,25,31-32,36-38,40-43,46-47,49,51H,9,24,26-29H2,1-8H3;1H,(H,2,3)/b23-22+,25-16+,30-17+;/t31-,32+,36+,37-,38-,40-,41+,42+,43?,44?,45+;/m0./s1. The Bertz CT molecular complexity index is 1640. The Hall–Kier alpha value is -4.17. The minimum Gasteiger partial charge on any atom is -0.483 e. The van der Waals surface area contributed by atoms with Crippen molar-refractivity contribution in [1.82, 2.24) is 10.6 Å². The molecule has 5 N–H and O–H groups in total. The fraction of sp³-hybridized carbons (Fsp3) is 0.543. The summed E-state index contributed by atoms with van der Waals surface area (Å²) >= 11 is 0. The van der Waals surface area contributed by atoms with Crippen LogP contribution in [0.15, 0.2) is 96.6 Å². The largest absolute Gasteiger partial charge is 0.483 e. The van der Waals surface area contributed by atoms with Crippen LogP contribution in [-0.4, -0.2) is 94.6 Å². The molecule has 2 aliphatic heterocycles. The van der Waals surface area contributed by atoms with Crippen molar-refractivity contribution in [1.29, 1.82) is 0 Å². The number of nitrogens with one attached hydrogen (secondary N) is 2. The van der Waals surface area contributed by atoms with Crippen LogP contribution in [0.3, 0.4) is 0 Å². The van der Waals surface area contributed by atoms with Crippen molar-refractivity contribution in [2.45, 2.75) is 141 Å². The van der Waals surface area contributed by atoms with Crippen LogP contribution >= 0.6 is 0 Å². The Morgan fingerprint density at radius 2 is 1.66 bits per heavy atom. The highest BCUT2D eigenvalue weighted by Gasteiger charge is 2.54. The molecule has 11 atom stereocenters.